The van der Waals surface area contributed by atoms with Crippen LogP contribution in [0, 0.1) is 23.0 Å². The highest BCUT2D eigenvalue weighted by Crippen LogP contribution is 2.34. The predicted octanol–water partition coefficient (Wildman–Crippen LogP) is 3.64. The maximum Gasteiger partial charge on any atom is 0.252 e. The Balaban J connectivity index is 1.43. The van der Waals surface area contributed by atoms with Gasteiger partial charge in [-0.15, -0.1) is 0 Å². The van der Waals surface area contributed by atoms with E-state index in [1.54, 1.807) is 43.4 Å². The van der Waals surface area contributed by atoms with Gasteiger partial charge < -0.3 is 14.8 Å². The Morgan fingerprint density at radius 3 is 2.22 bits per heavy atom. The van der Waals surface area contributed by atoms with Gasteiger partial charge in [-0.2, -0.15) is 5.26 Å². The molecule has 1 unspecified atom stereocenters. The van der Waals surface area contributed by atoms with Crippen molar-refractivity contribution >= 4 is 22.6 Å². The first-order chi connectivity index (χ1) is 19.8. The highest BCUT2D eigenvalue weighted by atomic mass is 19.1. The molecule has 1 aliphatic heterocycles. The normalized spacial score (nSPS) is 17.5. The quantitative estimate of drug-likeness (QED) is 0.391. The number of amides is 1. The number of benzene rings is 2. The summed E-state index contributed by atoms with van der Waals surface area (Å²) in [6.07, 6.45) is 1.83. The maximum absolute atomic E-state index is 13.8. The van der Waals surface area contributed by atoms with Crippen molar-refractivity contribution in [2.45, 2.75) is 31.0 Å². The number of halogens is 2. The third-order valence-electron chi connectivity index (χ3n) is 7.87. The van der Waals surface area contributed by atoms with Gasteiger partial charge >= 0.3 is 0 Å². The van der Waals surface area contributed by atoms with E-state index < -0.39 is 6.04 Å². The Morgan fingerprint density at radius 1 is 1.00 bits per heavy atom. The molecule has 0 radical (unpaired) electrons. The van der Waals surface area contributed by atoms with Gasteiger partial charge in [0.1, 0.15) is 35.0 Å². The molecule has 1 saturated carbocycles. The third-order valence-corrected chi connectivity index (χ3v) is 7.87. The number of piperazine rings is 1. The Bertz CT molecular complexity index is 1670. The summed E-state index contributed by atoms with van der Waals surface area (Å²) in [5, 5.41) is 12.6. The van der Waals surface area contributed by atoms with Crippen LogP contribution in [0.4, 0.5) is 14.5 Å². The number of pyridine rings is 2. The van der Waals surface area contributed by atoms with Crippen molar-refractivity contribution in [2.24, 2.45) is 7.05 Å². The number of fused-ring (bicyclic) bond motifs is 1. The molecule has 1 amide bonds. The SMILES string of the molecule is Cn1c(=O)cc(N2CCN(C(c3ccc(F)cc3)c3ccc(F)cc3)CC2C(=O)NC2CC2)c2nc(C#N)ccc21. The van der Waals surface area contributed by atoms with Crippen molar-refractivity contribution in [1.82, 2.24) is 19.8 Å². The molecule has 208 valence electrons. The molecule has 6 rings (SSSR count). The molecule has 41 heavy (non-hydrogen) atoms. The third kappa shape index (κ3) is 5.28. The van der Waals surface area contributed by atoms with Gasteiger partial charge in [0.05, 0.1) is 17.2 Å². The molecule has 1 aliphatic carbocycles. The minimum Gasteiger partial charge on any atom is -0.355 e. The Hall–Kier alpha value is -4.62. The summed E-state index contributed by atoms with van der Waals surface area (Å²) in [5.41, 5.74) is 3.11. The van der Waals surface area contributed by atoms with E-state index in [2.05, 4.69) is 21.3 Å². The van der Waals surface area contributed by atoms with Gasteiger partial charge in [-0.25, -0.2) is 13.8 Å². The van der Waals surface area contributed by atoms with E-state index in [1.807, 2.05) is 4.90 Å². The first-order valence-corrected chi connectivity index (χ1v) is 13.6. The number of nitrogens with one attached hydrogen (secondary N) is 1. The molecule has 10 heteroatoms. The highest BCUT2D eigenvalue weighted by molar-refractivity contribution is 5.93. The van der Waals surface area contributed by atoms with Gasteiger partial charge in [-0.1, -0.05) is 24.3 Å². The van der Waals surface area contributed by atoms with E-state index in [-0.39, 0.29) is 47.4 Å². The summed E-state index contributed by atoms with van der Waals surface area (Å²) >= 11 is 0. The molecule has 2 fully saturated rings. The smallest absolute Gasteiger partial charge is 0.252 e. The number of aromatic nitrogens is 2. The highest BCUT2D eigenvalue weighted by Gasteiger charge is 2.39. The Morgan fingerprint density at radius 2 is 1.63 bits per heavy atom. The minimum absolute atomic E-state index is 0.119. The van der Waals surface area contributed by atoms with Crippen molar-refractivity contribution in [1.29, 1.82) is 5.26 Å². The molecular formula is C31H28F2N6O2. The lowest BCUT2D eigenvalue weighted by molar-refractivity contribution is -0.123. The van der Waals surface area contributed by atoms with Gasteiger partial charge in [-0.3, -0.25) is 14.5 Å². The van der Waals surface area contributed by atoms with Crippen LogP contribution in [0.1, 0.15) is 35.7 Å². The van der Waals surface area contributed by atoms with Crippen molar-refractivity contribution in [3.63, 3.8) is 0 Å². The monoisotopic (exact) mass is 554 g/mol. The van der Waals surface area contributed by atoms with Crippen molar-refractivity contribution in [3.8, 4) is 6.07 Å². The molecule has 1 atom stereocenters. The molecule has 1 saturated heterocycles. The molecule has 0 bridgehead atoms. The van der Waals surface area contributed by atoms with Crippen LogP contribution in [0.25, 0.3) is 11.0 Å². The zero-order valence-electron chi connectivity index (χ0n) is 22.4. The lowest BCUT2D eigenvalue weighted by atomic mass is 9.95. The van der Waals surface area contributed by atoms with E-state index in [4.69, 9.17) is 0 Å². The Labute approximate surface area is 235 Å². The van der Waals surface area contributed by atoms with Crippen molar-refractivity contribution < 1.29 is 13.6 Å². The number of rotatable bonds is 6. The molecule has 8 nitrogen and oxygen atoms in total. The van der Waals surface area contributed by atoms with E-state index in [1.165, 1.54) is 34.9 Å². The molecule has 4 aromatic rings. The van der Waals surface area contributed by atoms with Crippen molar-refractivity contribution in [2.75, 3.05) is 24.5 Å². The van der Waals surface area contributed by atoms with Gasteiger partial charge in [-0.05, 0) is 60.4 Å². The second-order valence-electron chi connectivity index (χ2n) is 10.6. The van der Waals surface area contributed by atoms with E-state index in [0.29, 0.717) is 29.8 Å². The number of hydrogen-bond donors (Lipinski definition) is 1. The molecule has 2 aromatic carbocycles. The second-order valence-corrected chi connectivity index (χ2v) is 10.6. The van der Waals surface area contributed by atoms with Crippen LogP contribution in [0.2, 0.25) is 0 Å². The molecular weight excluding hydrogens is 526 g/mol. The fraction of sp³-hybridized carbons (Fsp3) is 0.290. The number of carbonyl (C=O) groups is 1. The lowest BCUT2D eigenvalue weighted by Crippen LogP contribution is -2.60. The molecule has 1 N–H and O–H groups in total. The van der Waals surface area contributed by atoms with Crippen LogP contribution in [0.15, 0.2) is 71.5 Å². The van der Waals surface area contributed by atoms with Crippen LogP contribution >= 0.6 is 0 Å². The van der Waals surface area contributed by atoms with E-state index >= 15 is 0 Å². The lowest BCUT2D eigenvalue weighted by Gasteiger charge is -2.45. The molecule has 0 spiro atoms. The summed E-state index contributed by atoms with van der Waals surface area (Å²) in [5.74, 6) is -0.890. The van der Waals surface area contributed by atoms with Gasteiger partial charge in [0.2, 0.25) is 5.91 Å². The van der Waals surface area contributed by atoms with E-state index in [0.717, 1.165) is 24.0 Å². The van der Waals surface area contributed by atoms with Gasteiger partial charge in [0, 0.05) is 38.8 Å². The van der Waals surface area contributed by atoms with Gasteiger partial charge in [0.25, 0.3) is 5.56 Å². The van der Waals surface area contributed by atoms with Crippen LogP contribution < -0.4 is 15.8 Å². The average molecular weight is 555 g/mol. The van der Waals surface area contributed by atoms with Crippen LogP contribution in [-0.4, -0.2) is 52.1 Å². The van der Waals surface area contributed by atoms with Crippen LogP contribution in [-0.2, 0) is 11.8 Å². The molecule has 2 aliphatic rings. The number of hydrogen-bond acceptors (Lipinski definition) is 6. The zero-order chi connectivity index (χ0) is 28.7. The number of carbonyl (C=O) groups excluding carboxylic acids is 1. The summed E-state index contributed by atoms with van der Waals surface area (Å²) in [4.78, 5) is 35.3. The number of nitrogens with zero attached hydrogens (tertiary/aromatic N) is 5. The minimum atomic E-state index is -0.685. The fourth-order valence-corrected chi connectivity index (χ4v) is 5.57. The maximum atomic E-state index is 13.8. The largest absolute Gasteiger partial charge is 0.355 e. The number of anilines is 1. The van der Waals surface area contributed by atoms with Crippen molar-refractivity contribution in [3.05, 3.63) is 106 Å². The number of nitriles is 1. The molecule has 2 aromatic heterocycles. The summed E-state index contributed by atoms with van der Waals surface area (Å²) in [6.45, 7) is 1.15. The van der Waals surface area contributed by atoms with Gasteiger partial charge in [0.15, 0.2) is 0 Å². The summed E-state index contributed by atoms with van der Waals surface area (Å²) < 4.78 is 29.2. The molecule has 3 heterocycles. The first kappa shape index (κ1) is 26.6. The fourth-order valence-electron chi connectivity index (χ4n) is 5.57. The second kappa shape index (κ2) is 10.7. The van der Waals surface area contributed by atoms with E-state index in [9.17, 15) is 23.6 Å². The topological polar surface area (TPSA) is 94.3 Å². The first-order valence-electron chi connectivity index (χ1n) is 13.6. The zero-order valence-corrected chi connectivity index (χ0v) is 22.4. The summed E-state index contributed by atoms with van der Waals surface area (Å²) in [6, 6.07) is 18.3. The van der Waals surface area contributed by atoms with Crippen LogP contribution in [0.3, 0.4) is 0 Å². The average Bonchev–Trinajstić information content (AvgIpc) is 3.81. The predicted molar refractivity (Wildman–Crippen MR) is 150 cm³/mol. The van der Waals surface area contributed by atoms with Crippen LogP contribution in [0.5, 0.6) is 0 Å². The summed E-state index contributed by atoms with van der Waals surface area (Å²) in [7, 11) is 1.65. The number of aryl methyl sites for hydroxylation is 1. The standard InChI is InChI=1S/C31H28F2N6O2/c1-37-25-13-12-24(17-34)35-29(25)26(16-28(37)40)39-15-14-38(18-27(39)31(41)36-23-10-11-23)30(19-2-6-21(32)7-3-19)20-4-8-22(33)9-5-20/h2-9,12-13,16,23,27,30H,10-11,14-15,18H2,1H3,(H,36,41). The Kier molecular flexibility index (Phi) is 6.97.